The summed E-state index contributed by atoms with van der Waals surface area (Å²) in [7, 11) is 3.48. The van der Waals surface area contributed by atoms with Crippen molar-refractivity contribution < 1.29 is 9.59 Å². The second-order valence-corrected chi connectivity index (χ2v) is 3.36. The maximum absolute atomic E-state index is 11.8. The van der Waals surface area contributed by atoms with Gasteiger partial charge in [0.05, 0.1) is 5.69 Å². The van der Waals surface area contributed by atoms with E-state index in [0.717, 1.165) is 0 Å². The molecule has 0 unspecified atom stereocenters. The number of carbonyl (C=O) groups is 2. The molecule has 0 amide bonds. The normalized spacial score (nSPS) is 15.1. The maximum atomic E-state index is 11.8. The first-order chi connectivity index (χ1) is 6.61. The maximum Gasteiger partial charge on any atom is 0.278 e. The Hall–Kier alpha value is -1.84. The van der Waals surface area contributed by atoms with Crippen molar-refractivity contribution >= 4 is 11.7 Å². The van der Waals surface area contributed by atoms with Crippen LogP contribution in [-0.2, 0) is 0 Å². The van der Waals surface area contributed by atoms with Gasteiger partial charge in [-0.05, 0) is 12.1 Å². The van der Waals surface area contributed by atoms with Gasteiger partial charge in [0.25, 0.3) is 5.91 Å². The Balaban J connectivity index is 2.55. The number of allylic oxidation sites excluding steroid dienone is 2. The van der Waals surface area contributed by atoms with Crippen LogP contribution < -0.4 is 0 Å². The highest BCUT2D eigenvalue weighted by Gasteiger charge is 2.25. The Morgan fingerprint density at radius 1 is 1.29 bits per heavy atom. The van der Waals surface area contributed by atoms with Gasteiger partial charge in [0.2, 0.25) is 5.78 Å². The molecule has 4 heteroatoms. The lowest BCUT2D eigenvalue weighted by atomic mass is 10.1. The number of fused-ring (bicyclic) bond motifs is 1. The van der Waals surface area contributed by atoms with E-state index >= 15 is 0 Å². The van der Waals surface area contributed by atoms with E-state index in [4.69, 9.17) is 0 Å². The topological polar surface area (TPSA) is 42.3 Å². The SMILES string of the molecule is CN(C)C1=CC(=O)c2cccn2C1=O. The smallest absolute Gasteiger partial charge is 0.278 e. The zero-order valence-electron chi connectivity index (χ0n) is 8.02. The lowest BCUT2D eigenvalue weighted by molar-refractivity contribution is 0.0886. The number of aromatic nitrogens is 1. The van der Waals surface area contributed by atoms with Gasteiger partial charge in [0, 0.05) is 26.4 Å². The van der Waals surface area contributed by atoms with Gasteiger partial charge in [-0.15, -0.1) is 0 Å². The number of carbonyl (C=O) groups excluding carboxylic acids is 2. The molecule has 1 aliphatic rings. The summed E-state index contributed by atoms with van der Waals surface area (Å²) in [5.41, 5.74) is 0.847. The van der Waals surface area contributed by atoms with Crippen LogP contribution in [0.3, 0.4) is 0 Å². The first-order valence-corrected chi connectivity index (χ1v) is 4.26. The van der Waals surface area contributed by atoms with Gasteiger partial charge in [-0.1, -0.05) is 0 Å². The van der Waals surface area contributed by atoms with Crippen molar-refractivity contribution in [2.75, 3.05) is 14.1 Å². The molecule has 0 spiro atoms. The fourth-order valence-electron chi connectivity index (χ4n) is 1.46. The highest BCUT2D eigenvalue weighted by molar-refractivity contribution is 6.15. The molecule has 0 radical (unpaired) electrons. The highest BCUT2D eigenvalue weighted by Crippen LogP contribution is 2.16. The molecule has 2 heterocycles. The van der Waals surface area contributed by atoms with E-state index in [-0.39, 0.29) is 11.7 Å². The van der Waals surface area contributed by atoms with Gasteiger partial charge >= 0.3 is 0 Å². The zero-order valence-corrected chi connectivity index (χ0v) is 8.02. The fourth-order valence-corrected chi connectivity index (χ4v) is 1.46. The average molecular weight is 190 g/mol. The predicted octanol–water partition coefficient (Wildman–Crippen LogP) is 0.770. The van der Waals surface area contributed by atoms with E-state index in [9.17, 15) is 9.59 Å². The summed E-state index contributed by atoms with van der Waals surface area (Å²) < 4.78 is 1.37. The number of ketones is 1. The molecule has 1 aliphatic heterocycles. The van der Waals surface area contributed by atoms with Crippen LogP contribution in [-0.4, -0.2) is 35.3 Å². The molecular formula is C10H10N2O2. The molecule has 0 aromatic carbocycles. The van der Waals surface area contributed by atoms with E-state index in [1.165, 1.54) is 10.6 Å². The van der Waals surface area contributed by atoms with Crippen LogP contribution in [0, 0.1) is 0 Å². The minimum absolute atomic E-state index is 0.127. The largest absolute Gasteiger partial charge is 0.373 e. The minimum atomic E-state index is -0.158. The first-order valence-electron chi connectivity index (χ1n) is 4.26. The van der Waals surface area contributed by atoms with Gasteiger partial charge in [-0.3, -0.25) is 14.2 Å². The molecule has 0 saturated carbocycles. The van der Waals surface area contributed by atoms with Crippen molar-refractivity contribution in [3.05, 3.63) is 35.8 Å². The van der Waals surface area contributed by atoms with Crippen molar-refractivity contribution in [2.24, 2.45) is 0 Å². The molecule has 4 nitrogen and oxygen atoms in total. The summed E-state index contributed by atoms with van der Waals surface area (Å²) in [6, 6.07) is 3.33. The minimum Gasteiger partial charge on any atom is -0.373 e. The van der Waals surface area contributed by atoms with Crippen LogP contribution in [0.15, 0.2) is 30.1 Å². The van der Waals surface area contributed by atoms with E-state index in [1.807, 2.05) is 0 Å². The van der Waals surface area contributed by atoms with Gasteiger partial charge in [0.1, 0.15) is 5.70 Å². The molecule has 0 N–H and O–H groups in total. The molecular weight excluding hydrogens is 180 g/mol. The molecule has 14 heavy (non-hydrogen) atoms. The standard InChI is InChI=1S/C10H10N2O2/c1-11(2)8-6-9(13)7-4-3-5-12(7)10(8)14/h3-6H,1-2H3. The van der Waals surface area contributed by atoms with Crippen molar-refractivity contribution in [3.8, 4) is 0 Å². The predicted molar refractivity (Wildman–Crippen MR) is 51.2 cm³/mol. The van der Waals surface area contributed by atoms with Crippen LogP contribution in [0.2, 0.25) is 0 Å². The Kier molecular flexibility index (Phi) is 1.77. The summed E-state index contributed by atoms with van der Waals surface area (Å²) in [5, 5.41) is 0. The van der Waals surface area contributed by atoms with Gasteiger partial charge in [-0.25, -0.2) is 0 Å². The van der Waals surface area contributed by atoms with Crippen LogP contribution in [0.4, 0.5) is 0 Å². The number of hydrogen-bond donors (Lipinski definition) is 0. The highest BCUT2D eigenvalue weighted by atomic mass is 16.2. The number of rotatable bonds is 1. The molecule has 0 aliphatic carbocycles. The molecule has 0 saturated heterocycles. The third-order valence-corrected chi connectivity index (χ3v) is 2.19. The third kappa shape index (κ3) is 1.08. The van der Waals surface area contributed by atoms with Gasteiger partial charge in [0.15, 0.2) is 0 Å². The fraction of sp³-hybridized carbons (Fsp3) is 0.200. The van der Waals surface area contributed by atoms with Crippen LogP contribution in [0.5, 0.6) is 0 Å². The van der Waals surface area contributed by atoms with Crippen molar-refractivity contribution in [1.82, 2.24) is 9.47 Å². The molecule has 0 atom stereocenters. The van der Waals surface area contributed by atoms with Gasteiger partial charge < -0.3 is 4.90 Å². The van der Waals surface area contributed by atoms with Gasteiger partial charge in [-0.2, -0.15) is 0 Å². The molecule has 1 aromatic heterocycles. The van der Waals surface area contributed by atoms with E-state index in [0.29, 0.717) is 11.4 Å². The first kappa shape index (κ1) is 8.74. The summed E-state index contributed by atoms with van der Waals surface area (Å²) in [4.78, 5) is 24.9. The number of likely N-dealkylation sites (N-methyl/N-ethyl adjacent to an activating group) is 1. The Morgan fingerprint density at radius 3 is 2.64 bits per heavy atom. The number of nitrogens with zero attached hydrogens (tertiary/aromatic N) is 2. The molecule has 2 rings (SSSR count). The zero-order chi connectivity index (χ0) is 10.3. The van der Waals surface area contributed by atoms with E-state index < -0.39 is 0 Å². The third-order valence-electron chi connectivity index (χ3n) is 2.19. The summed E-state index contributed by atoms with van der Waals surface area (Å²) in [6.45, 7) is 0. The molecule has 0 fully saturated rings. The number of hydrogen-bond acceptors (Lipinski definition) is 3. The molecule has 0 bridgehead atoms. The average Bonchev–Trinajstić information content (AvgIpc) is 2.59. The second kappa shape index (κ2) is 2.83. The lowest BCUT2D eigenvalue weighted by Crippen LogP contribution is -2.30. The Morgan fingerprint density at radius 2 is 2.00 bits per heavy atom. The van der Waals surface area contributed by atoms with Crippen LogP contribution in [0.1, 0.15) is 15.3 Å². The lowest BCUT2D eigenvalue weighted by Gasteiger charge is -2.20. The second-order valence-electron chi connectivity index (χ2n) is 3.36. The van der Waals surface area contributed by atoms with E-state index in [2.05, 4.69) is 0 Å². The van der Waals surface area contributed by atoms with Crippen molar-refractivity contribution in [3.63, 3.8) is 0 Å². The summed E-state index contributed by atoms with van der Waals surface area (Å²) in [6.07, 6.45) is 2.98. The Bertz CT molecular complexity index is 441. The van der Waals surface area contributed by atoms with Crippen LogP contribution in [0.25, 0.3) is 0 Å². The monoisotopic (exact) mass is 190 g/mol. The van der Waals surface area contributed by atoms with Crippen LogP contribution >= 0.6 is 0 Å². The van der Waals surface area contributed by atoms with Crippen molar-refractivity contribution in [1.29, 1.82) is 0 Å². The van der Waals surface area contributed by atoms with E-state index in [1.54, 1.807) is 37.3 Å². The summed E-state index contributed by atoms with van der Waals surface area (Å²) in [5.74, 6) is -0.284. The van der Waals surface area contributed by atoms with Crippen molar-refractivity contribution in [2.45, 2.75) is 0 Å². The summed E-state index contributed by atoms with van der Waals surface area (Å²) >= 11 is 0. The molecule has 1 aromatic rings. The Labute approximate surface area is 81.4 Å². The molecule has 72 valence electrons. The quantitative estimate of drug-likeness (QED) is 0.656.